The van der Waals surface area contributed by atoms with Crippen LogP contribution in [-0.2, 0) is 14.8 Å². The van der Waals surface area contributed by atoms with E-state index in [9.17, 15) is 13.2 Å². The van der Waals surface area contributed by atoms with Crippen LogP contribution in [0.25, 0.3) is 0 Å². The number of anilines is 2. The predicted molar refractivity (Wildman–Crippen MR) is 112 cm³/mol. The number of hydrogen-bond donors (Lipinski definition) is 1. The van der Waals surface area contributed by atoms with Gasteiger partial charge in [0.25, 0.3) is 0 Å². The van der Waals surface area contributed by atoms with Gasteiger partial charge in [-0.15, -0.1) is 0 Å². The molecule has 5 nitrogen and oxygen atoms in total. The van der Waals surface area contributed by atoms with E-state index in [1.165, 1.54) is 10.6 Å². The molecular formula is C21H28N2O3S. The van der Waals surface area contributed by atoms with Gasteiger partial charge in [-0.3, -0.25) is 9.10 Å². The van der Waals surface area contributed by atoms with E-state index in [1.807, 2.05) is 65.0 Å². The Morgan fingerprint density at radius 3 is 1.96 bits per heavy atom. The van der Waals surface area contributed by atoms with E-state index < -0.39 is 10.0 Å². The number of aryl methyl sites for hydroxylation is 5. The summed E-state index contributed by atoms with van der Waals surface area (Å²) >= 11 is 0. The Morgan fingerprint density at radius 2 is 1.48 bits per heavy atom. The largest absolute Gasteiger partial charge is 0.326 e. The lowest BCUT2D eigenvalue weighted by Crippen LogP contribution is -2.34. The van der Waals surface area contributed by atoms with Crippen molar-refractivity contribution in [2.75, 3.05) is 22.4 Å². The molecule has 0 fully saturated rings. The number of rotatable bonds is 6. The lowest BCUT2D eigenvalue weighted by molar-refractivity contribution is -0.116. The Labute approximate surface area is 162 Å². The van der Waals surface area contributed by atoms with E-state index in [-0.39, 0.29) is 18.9 Å². The Balaban J connectivity index is 2.20. The molecule has 1 amide bonds. The second-order valence-electron chi connectivity index (χ2n) is 7.15. The SMILES string of the molecule is Cc1cc(C)c(NC(=O)CCN(c2c(C)cccc2C)S(C)(=O)=O)c(C)c1. The van der Waals surface area contributed by atoms with Crippen molar-refractivity contribution >= 4 is 27.3 Å². The first kappa shape index (κ1) is 21.0. The summed E-state index contributed by atoms with van der Waals surface area (Å²) in [4.78, 5) is 12.5. The molecule has 0 aliphatic rings. The van der Waals surface area contributed by atoms with Crippen LogP contribution in [0.2, 0.25) is 0 Å². The quantitative estimate of drug-likeness (QED) is 0.813. The van der Waals surface area contributed by atoms with E-state index in [2.05, 4.69) is 5.32 Å². The highest BCUT2D eigenvalue weighted by atomic mass is 32.2. The zero-order chi connectivity index (χ0) is 20.4. The molecule has 2 aromatic rings. The summed E-state index contributed by atoms with van der Waals surface area (Å²) in [5, 5.41) is 2.93. The Morgan fingerprint density at radius 1 is 0.963 bits per heavy atom. The third kappa shape index (κ3) is 5.10. The summed E-state index contributed by atoms with van der Waals surface area (Å²) in [6.45, 7) is 9.77. The lowest BCUT2D eigenvalue weighted by Gasteiger charge is -2.26. The highest BCUT2D eigenvalue weighted by molar-refractivity contribution is 7.92. The zero-order valence-electron chi connectivity index (χ0n) is 16.9. The van der Waals surface area contributed by atoms with E-state index in [1.54, 1.807) is 0 Å². The average Bonchev–Trinajstić information content (AvgIpc) is 2.52. The maximum Gasteiger partial charge on any atom is 0.232 e. The number of para-hydroxylation sites is 1. The van der Waals surface area contributed by atoms with Crippen LogP contribution in [-0.4, -0.2) is 27.1 Å². The fourth-order valence-corrected chi connectivity index (χ4v) is 4.47. The van der Waals surface area contributed by atoms with Crippen LogP contribution in [0.15, 0.2) is 30.3 Å². The molecule has 0 aliphatic carbocycles. The van der Waals surface area contributed by atoms with Gasteiger partial charge in [0.05, 0.1) is 11.9 Å². The van der Waals surface area contributed by atoms with Gasteiger partial charge >= 0.3 is 0 Å². The van der Waals surface area contributed by atoms with Gasteiger partial charge in [-0.1, -0.05) is 35.9 Å². The Bertz CT molecular complexity index is 922. The van der Waals surface area contributed by atoms with Crippen LogP contribution in [0.3, 0.4) is 0 Å². The van der Waals surface area contributed by atoms with Crippen molar-refractivity contribution in [3.05, 3.63) is 58.1 Å². The van der Waals surface area contributed by atoms with Crippen molar-refractivity contribution in [1.82, 2.24) is 0 Å². The van der Waals surface area contributed by atoms with Crippen LogP contribution in [0.4, 0.5) is 11.4 Å². The molecule has 0 unspecified atom stereocenters. The third-order valence-electron chi connectivity index (χ3n) is 4.57. The van der Waals surface area contributed by atoms with E-state index >= 15 is 0 Å². The van der Waals surface area contributed by atoms with Crippen LogP contribution >= 0.6 is 0 Å². The number of nitrogens with zero attached hydrogens (tertiary/aromatic N) is 1. The molecule has 0 heterocycles. The number of benzene rings is 2. The molecule has 0 saturated heterocycles. The summed E-state index contributed by atoms with van der Waals surface area (Å²) in [6, 6.07) is 9.67. The van der Waals surface area contributed by atoms with Crippen LogP contribution in [0, 0.1) is 34.6 Å². The molecule has 0 saturated carbocycles. The number of hydrogen-bond acceptors (Lipinski definition) is 3. The number of sulfonamides is 1. The summed E-state index contributed by atoms with van der Waals surface area (Å²) in [6.07, 6.45) is 1.25. The molecular weight excluding hydrogens is 360 g/mol. The van der Waals surface area contributed by atoms with Crippen molar-refractivity contribution in [2.45, 2.75) is 41.0 Å². The number of amides is 1. The van der Waals surface area contributed by atoms with Gasteiger partial charge in [0, 0.05) is 18.7 Å². The predicted octanol–water partition coefficient (Wildman–Crippen LogP) is 4.02. The van der Waals surface area contributed by atoms with Gasteiger partial charge in [0.15, 0.2) is 0 Å². The zero-order valence-corrected chi connectivity index (χ0v) is 17.7. The van der Waals surface area contributed by atoms with Crippen molar-refractivity contribution in [3.8, 4) is 0 Å². The van der Waals surface area contributed by atoms with E-state index in [4.69, 9.17) is 0 Å². The molecule has 1 N–H and O–H groups in total. The maximum atomic E-state index is 12.5. The number of carbonyl (C=O) groups is 1. The minimum atomic E-state index is -3.50. The van der Waals surface area contributed by atoms with Crippen molar-refractivity contribution in [1.29, 1.82) is 0 Å². The van der Waals surface area contributed by atoms with Gasteiger partial charge in [-0.2, -0.15) is 0 Å². The molecule has 2 aromatic carbocycles. The number of carbonyl (C=O) groups excluding carboxylic acids is 1. The smallest absolute Gasteiger partial charge is 0.232 e. The van der Waals surface area contributed by atoms with E-state index in [0.29, 0.717) is 5.69 Å². The molecule has 2 rings (SSSR count). The molecule has 0 radical (unpaired) electrons. The topological polar surface area (TPSA) is 66.5 Å². The normalized spacial score (nSPS) is 11.3. The third-order valence-corrected chi connectivity index (χ3v) is 5.74. The second kappa shape index (κ2) is 8.13. The molecule has 0 spiro atoms. The van der Waals surface area contributed by atoms with Gasteiger partial charge in [-0.05, 0) is 56.9 Å². The highest BCUT2D eigenvalue weighted by Gasteiger charge is 2.22. The fourth-order valence-electron chi connectivity index (χ4n) is 3.42. The van der Waals surface area contributed by atoms with Crippen molar-refractivity contribution in [3.63, 3.8) is 0 Å². The minimum absolute atomic E-state index is 0.0770. The van der Waals surface area contributed by atoms with Crippen molar-refractivity contribution < 1.29 is 13.2 Å². The maximum absolute atomic E-state index is 12.5. The van der Waals surface area contributed by atoms with Crippen molar-refractivity contribution in [2.24, 2.45) is 0 Å². The highest BCUT2D eigenvalue weighted by Crippen LogP contribution is 2.27. The standard InChI is InChI=1S/C21H28N2O3S/c1-14-12-17(4)20(18(5)13-14)22-19(24)10-11-23(27(6,25)26)21-15(2)8-7-9-16(21)3/h7-9,12-13H,10-11H2,1-6H3,(H,22,24). The first-order valence-electron chi connectivity index (χ1n) is 8.92. The summed E-state index contributed by atoms with van der Waals surface area (Å²) in [7, 11) is -3.50. The Kier molecular flexibility index (Phi) is 6.31. The van der Waals surface area contributed by atoms with Gasteiger partial charge in [0.1, 0.15) is 0 Å². The summed E-state index contributed by atoms with van der Waals surface area (Å²) < 4.78 is 26.0. The van der Waals surface area contributed by atoms with Gasteiger partial charge < -0.3 is 5.32 Å². The first-order valence-corrected chi connectivity index (χ1v) is 10.8. The molecule has 0 atom stereocenters. The average molecular weight is 389 g/mol. The molecule has 0 aliphatic heterocycles. The second-order valence-corrected chi connectivity index (χ2v) is 9.05. The lowest BCUT2D eigenvalue weighted by atomic mass is 10.0. The van der Waals surface area contributed by atoms with Gasteiger partial charge in [0.2, 0.25) is 15.9 Å². The first-order chi connectivity index (χ1) is 12.5. The van der Waals surface area contributed by atoms with Crippen LogP contribution in [0.5, 0.6) is 0 Å². The monoisotopic (exact) mass is 388 g/mol. The van der Waals surface area contributed by atoms with Crippen LogP contribution < -0.4 is 9.62 Å². The van der Waals surface area contributed by atoms with Gasteiger partial charge in [-0.25, -0.2) is 8.42 Å². The molecule has 0 aromatic heterocycles. The van der Waals surface area contributed by atoms with Crippen LogP contribution in [0.1, 0.15) is 34.2 Å². The Hall–Kier alpha value is -2.34. The minimum Gasteiger partial charge on any atom is -0.326 e. The molecule has 6 heteroatoms. The molecule has 27 heavy (non-hydrogen) atoms. The summed E-state index contributed by atoms with van der Waals surface area (Å²) in [5.41, 5.74) is 6.31. The molecule has 0 bridgehead atoms. The molecule has 146 valence electrons. The fraction of sp³-hybridized carbons (Fsp3) is 0.381. The summed E-state index contributed by atoms with van der Waals surface area (Å²) in [5.74, 6) is -0.204. The van der Waals surface area contributed by atoms with E-state index in [0.717, 1.165) is 33.5 Å². The number of nitrogens with one attached hydrogen (secondary N) is 1.